The Balaban J connectivity index is 1.61. The SMILES string of the molecule is Cc1ccc(S(=O)(=O)NCc2ccc(N3CCN(C)CC3)cc2)cc1. The summed E-state index contributed by atoms with van der Waals surface area (Å²) in [6, 6.07) is 15.0. The maximum Gasteiger partial charge on any atom is 0.240 e. The number of hydrogen-bond donors (Lipinski definition) is 1. The molecule has 0 unspecified atom stereocenters. The van der Waals surface area contributed by atoms with Crippen molar-refractivity contribution in [3.8, 4) is 0 Å². The predicted molar refractivity (Wildman–Crippen MR) is 101 cm³/mol. The molecular formula is C19H25N3O2S. The van der Waals surface area contributed by atoms with Gasteiger partial charge in [-0.2, -0.15) is 0 Å². The number of rotatable bonds is 5. The van der Waals surface area contributed by atoms with Crippen LogP contribution < -0.4 is 9.62 Å². The van der Waals surface area contributed by atoms with Crippen molar-refractivity contribution >= 4 is 15.7 Å². The van der Waals surface area contributed by atoms with Crippen LogP contribution in [-0.2, 0) is 16.6 Å². The third kappa shape index (κ3) is 4.60. The fourth-order valence-electron chi connectivity index (χ4n) is 2.87. The molecule has 1 saturated heterocycles. The number of sulfonamides is 1. The van der Waals surface area contributed by atoms with Crippen molar-refractivity contribution in [2.45, 2.75) is 18.4 Å². The molecule has 1 aliphatic rings. The fourth-order valence-corrected chi connectivity index (χ4v) is 3.89. The highest BCUT2D eigenvalue weighted by molar-refractivity contribution is 7.89. The number of piperazine rings is 1. The Morgan fingerprint density at radius 2 is 1.52 bits per heavy atom. The molecule has 0 aliphatic carbocycles. The highest BCUT2D eigenvalue weighted by Crippen LogP contribution is 2.17. The summed E-state index contributed by atoms with van der Waals surface area (Å²) in [6.07, 6.45) is 0. The monoisotopic (exact) mass is 359 g/mol. The largest absolute Gasteiger partial charge is 0.369 e. The van der Waals surface area contributed by atoms with Gasteiger partial charge in [-0.15, -0.1) is 0 Å². The molecule has 1 fully saturated rings. The summed E-state index contributed by atoms with van der Waals surface area (Å²) in [5, 5.41) is 0. The van der Waals surface area contributed by atoms with E-state index in [2.05, 4.69) is 33.7 Å². The summed E-state index contributed by atoms with van der Waals surface area (Å²) in [7, 11) is -1.34. The number of likely N-dealkylation sites (N-methyl/N-ethyl adjacent to an activating group) is 1. The fraction of sp³-hybridized carbons (Fsp3) is 0.368. The molecule has 0 aromatic heterocycles. The molecule has 0 spiro atoms. The number of hydrogen-bond acceptors (Lipinski definition) is 4. The zero-order chi connectivity index (χ0) is 17.9. The minimum Gasteiger partial charge on any atom is -0.369 e. The van der Waals surface area contributed by atoms with E-state index in [1.165, 1.54) is 5.69 Å². The molecule has 1 aliphatic heterocycles. The lowest BCUT2D eigenvalue weighted by atomic mass is 10.2. The molecule has 0 saturated carbocycles. The van der Waals surface area contributed by atoms with Gasteiger partial charge in [-0.3, -0.25) is 0 Å². The van der Waals surface area contributed by atoms with Crippen molar-refractivity contribution < 1.29 is 8.42 Å². The van der Waals surface area contributed by atoms with Crippen LogP contribution in [0.25, 0.3) is 0 Å². The smallest absolute Gasteiger partial charge is 0.240 e. The molecule has 2 aromatic rings. The van der Waals surface area contributed by atoms with Crippen molar-refractivity contribution in [2.24, 2.45) is 0 Å². The van der Waals surface area contributed by atoms with Crippen molar-refractivity contribution in [3.63, 3.8) is 0 Å². The van der Waals surface area contributed by atoms with E-state index in [1.807, 2.05) is 19.1 Å². The van der Waals surface area contributed by atoms with E-state index in [0.29, 0.717) is 11.4 Å². The second-order valence-corrected chi connectivity index (χ2v) is 8.36. The first kappa shape index (κ1) is 17.9. The molecule has 0 atom stereocenters. The van der Waals surface area contributed by atoms with E-state index in [-0.39, 0.29) is 0 Å². The Kier molecular flexibility index (Phi) is 5.42. The number of benzene rings is 2. The van der Waals surface area contributed by atoms with Crippen LogP contribution in [0.4, 0.5) is 5.69 Å². The number of anilines is 1. The molecule has 134 valence electrons. The summed E-state index contributed by atoms with van der Waals surface area (Å²) in [5.74, 6) is 0. The average Bonchev–Trinajstić information content (AvgIpc) is 2.62. The van der Waals surface area contributed by atoms with E-state index in [4.69, 9.17) is 0 Å². The third-order valence-corrected chi connectivity index (χ3v) is 6.02. The average molecular weight is 359 g/mol. The summed E-state index contributed by atoms with van der Waals surface area (Å²) < 4.78 is 27.3. The zero-order valence-corrected chi connectivity index (χ0v) is 15.6. The number of nitrogens with zero attached hydrogens (tertiary/aromatic N) is 2. The van der Waals surface area contributed by atoms with Crippen LogP contribution in [0.1, 0.15) is 11.1 Å². The molecule has 25 heavy (non-hydrogen) atoms. The molecule has 6 heteroatoms. The van der Waals surface area contributed by atoms with Crippen molar-refractivity contribution in [2.75, 3.05) is 38.1 Å². The van der Waals surface area contributed by atoms with Gasteiger partial charge in [0.05, 0.1) is 4.90 Å². The minimum absolute atomic E-state index is 0.291. The summed E-state index contributed by atoms with van der Waals surface area (Å²) >= 11 is 0. The van der Waals surface area contributed by atoms with Gasteiger partial charge in [0, 0.05) is 38.4 Å². The summed E-state index contributed by atoms with van der Waals surface area (Å²) in [5.41, 5.74) is 3.19. The van der Waals surface area contributed by atoms with E-state index in [0.717, 1.165) is 37.3 Å². The number of aryl methyl sites for hydroxylation is 1. The molecule has 1 N–H and O–H groups in total. The Morgan fingerprint density at radius 3 is 2.12 bits per heavy atom. The Morgan fingerprint density at radius 1 is 0.920 bits per heavy atom. The van der Waals surface area contributed by atoms with E-state index < -0.39 is 10.0 Å². The molecule has 5 nitrogen and oxygen atoms in total. The first-order valence-electron chi connectivity index (χ1n) is 8.53. The highest BCUT2D eigenvalue weighted by atomic mass is 32.2. The van der Waals surface area contributed by atoms with Crippen LogP contribution in [0.5, 0.6) is 0 Å². The van der Waals surface area contributed by atoms with Crippen LogP contribution in [0.3, 0.4) is 0 Å². The van der Waals surface area contributed by atoms with Crippen molar-refractivity contribution in [3.05, 3.63) is 59.7 Å². The Labute approximate surface area is 150 Å². The first-order valence-corrected chi connectivity index (χ1v) is 10.0. The molecule has 0 amide bonds. The molecule has 2 aromatic carbocycles. The first-order chi connectivity index (χ1) is 11.9. The van der Waals surface area contributed by atoms with Crippen LogP contribution in [0.15, 0.2) is 53.4 Å². The highest BCUT2D eigenvalue weighted by Gasteiger charge is 2.15. The van der Waals surface area contributed by atoms with Crippen LogP contribution in [-0.4, -0.2) is 46.5 Å². The van der Waals surface area contributed by atoms with E-state index in [9.17, 15) is 8.42 Å². The molecule has 1 heterocycles. The van der Waals surface area contributed by atoms with Crippen LogP contribution in [0.2, 0.25) is 0 Å². The second kappa shape index (κ2) is 7.56. The van der Waals surface area contributed by atoms with Gasteiger partial charge < -0.3 is 9.80 Å². The maximum absolute atomic E-state index is 12.3. The third-order valence-electron chi connectivity index (χ3n) is 4.60. The maximum atomic E-state index is 12.3. The van der Waals surface area contributed by atoms with Crippen molar-refractivity contribution in [1.29, 1.82) is 0 Å². The van der Waals surface area contributed by atoms with Gasteiger partial charge >= 0.3 is 0 Å². The Hall–Kier alpha value is -1.89. The standard InChI is InChI=1S/C19H25N3O2S/c1-16-3-9-19(10-4-16)25(23,24)20-15-17-5-7-18(8-6-17)22-13-11-21(2)12-14-22/h3-10,20H,11-15H2,1-2H3. The quantitative estimate of drug-likeness (QED) is 0.889. The molecule has 3 rings (SSSR count). The lowest BCUT2D eigenvalue weighted by Crippen LogP contribution is -2.44. The van der Waals surface area contributed by atoms with Gasteiger partial charge in [-0.1, -0.05) is 29.8 Å². The van der Waals surface area contributed by atoms with Crippen molar-refractivity contribution in [1.82, 2.24) is 9.62 Å². The minimum atomic E-state index is -3.48. The molecular weight excluding hydrogens is 334 g/mol. The normalized spacial score (nSPS) is 16.2. The number of nitrogens with one attached hydrogen (secondary N) is 1. The molecule has 0 radical (unpaired) electrons. The topological polar surface area (TPSA) is 52.7 Å². The zero-order valence-electron chi connectivity index (χ0n) is 14.8. The second-order valence-electron chi connectivity index (χ2n) is 6.59. The van der Waals surface area contributed by atoms with Crippen LogP contribution >= 0.6 is 0 Å². The van der Waals surface area contributed by atoms with E-state index in [1.54, 1.807) is 24.3 Å². The van der Waals surface area contributed by atoms with E-state index >= 15 is 0 Å². The Bertz CT molecular complexity index is 794. The molecule has 0 bridgehead atoms. The lowest BCUT2D eigenvalue weighted by Gasteiger charge is -2.34. The summed E-state index contributed by atoms with van der Waals surface area (Å²) in [4.78, 5) is 4.98. The van der Waals surface area contributed by atoms with Gasteiger partial charge in [0.15, 0.2) is 0 Å². The van der Waals surface area contributed by atoms with Gasteiger partial charge in [0.25, 0.3) is 0 Å². The van der Waals surface area contributed by atoms with Gasteiger partial charge in [0.2, 0.25) is 10.0 Å². The van der Waals surface area contributed by atoms with Gasteiger partial charge in [-0.25, -0.2) is 13.1 Å². The van der Waals surface area contributed by atoms with Gasteiger partial charge in [0.1, 0.15) is 0 Å². The van der Waals surface area contributed by atoms with Crippen LogP contribution in [0, 0.1) is 6.92 Å². The van der Waals surface area contributed by atoms with Gasteiger partial charge in [-0.05, 0) is 43.8 Å². The summed E-state index contributed by atoms with van der Waals surface area (Å²) in [6.45, 7) is 6.41. The predicted octanol–water partition coefficient (Wildman–Crippen LogP) is 2.23. The lowest BCUT2D eigenvalue weighted by molar-refractivity contribution is 0.313.